The molecule has 0 spiro atoms. The van der Waals surface area contributed by atoms with Crippen LogP contribution in [0.3, 0.4) is 0 Å². The Kier molecular flexibility index (Phi) is 3.49. The van der Waals surface area contributed by atoms with Gasteiger partial charge in [0.15, 0.2) is 11.5 Å². The molecule has 3 aromatic heterocycles. The third-order valence-corrected chi connectivity index (χ3v) is 3.84. The number of H-pyrrole nitrogens is 1. The summed E-state index contributed by atoms with van der Waals surface area (Å²) < 4.78 is 1.98. The van der Waals surface area contributed by atoms with Crippen LogP contribution >= 0.6 is 0 Å². The number of anilines is 3. The highest BCUT2D eigenvalue weighted by Gasteiger charge is 2.12. The van der Waals surface area contributed by atoms with Crippen molar-refractivity contribution in [2.75, 3.05) is 17.2 Å². The molecule has 8 nitrogen and oxygen atoms in total. The maximum atomic E-state index is 4.59. The zero-order valence-electron chi connectivity index (χ0n) is 13.5. The van der Waals surface area contributed by atoms with Gasteiger partial charge >= 0.3 is 0 Å². The Morgan fingerprint density at radius 2 is 2.04 bits per heavy atom. The lowest BCUT2D eigenvalue weighted by Crippen LogP contribution is -2.07. The highest BCUT2D eigenvalue weighted by atomic mass is 15.3. The van der Waals surface area contributed by atoms with Crippen LogP contribution in [-0.4, -0.2) is 36.0 Å². The maximum absolute atomic E-state index is 4.59. The summed E-state index contributed by atoms with van der Waals surface area (Å²) in [4.78, 5) is 20.9. The summed E-state index contributed by atoms with van der Waals surface area (Å²) in [6.45, 7) is 2.94. The fourth-order valence-corrected chi connectivity index (χ4v) is 2.62. The summed E-state index contributed by atoms with van der Waals surface area (Å²) in [5.74, 6) is 1.89. The zero-order valence-corrected chi connectivity index (χ0v) is 13.5. The van der Waals surface area contributed by atoms with E-state index in [1.54, 1.807) is 6.33 Å². The second kappa shape index (κ2) is 5.80. The van der Waals surface area contributed by atoms with Crippen molar-refractivity contribution < 1.29 is 0 Å². The van der Waals surface area contributed by atoms with Gasteiger partial charge < -0.3 is 14.9 Å². The summed E-state index contributed by atoms with van der Waals surface area (Å²) >= 11 is 0. The topological polar surface area (TPSA) is 96.3 Å². The van der Waals surface area contributed by atoms with Gasteiger partial charge in [-0.05, 0) is 18.6 Å². The van der Waals surface area contributed by atoms with E-state index in [1.807, 2.05) is 35.9 Å². The standard InChI is InChI=1S/C16H18N8/c1-3-8-17-13-12-14(19-9-18-12)22-15(21-13)23-16-20-10-6-4-5-7-11(10)24(16)2/h4-7,9H,3,8H2,1-2H3,(H3,17,18,19,20,21,22,23). The molecular formula is C16H18N8. The minimum Gasteiger partial charge on any atom is -0.368 e. The van der Waals surface area contributed by atoms with Crippen molar-refractivity contribution in [1.82, 2.24) is 29.5 Å². The molecular weight excluding hydrogens is 304 g/mol. The molecule has 0 saturated carbocycles. The summed E-state index contributed by atoms with van der Waals surface area (Å²) in [6.07, 6.45) is 2.63. The molecule has 0 bridgehead atoms. The number of nitrogens with zero attached hydrogens (tertiary/aromatic N) is 5. The first kappa shape index (κ1) is 14.4. The number of rotatable bonds is 5. The van der Waals surface area contributed by atoms with Crippen molar-refractivity contribution >= 4 is 39.9 Å². The summed E-state index contributed by atoms with van der Waals surface area (Å²) in [7, 11) is 1.96. The third kappa shape index (κ3) is 2.41. The Hall–Kier alpha value is -3.16. The molecule has 0 fully saturated rings. The summed E-state index contributed by atoms with van der Waals surface area (Å²) in [5.41, 5.74) is 3.39. The fourth-order valence-electron chi connectivity index (χ4n) is 2.62. The molecule has 0 atom stereocenters. The van der Waals surface area contributed by atoms with Gasteiger partial charge in [-0.15, -0.1) is 0 Å². The number of aromatic amines is 1. The van der Waals surface area contributed by atoms with Crippen LogP contribution in [-0.2, 0) is 7.05 Å². The Bertz CT molecular complexity index is 1000. The molecule has 8 heteroatoms. The zero-order chi connectivity index (χ0) is 16.5. The molecule has 0 amide bonds. The van der Waals surface area contributed by atoms with Gasteiger partial charge in [0.1, 0.15) is 5.52 Å². The Morgan fingerprint density at radius 3 is 2.88 bits per heavy atom. The second-order valence-corrected chi connectivity index (χ2v) is 5.53. The molecule has 24 heavy (non-hydrogen) atoms. The normalized spacial score (nSPS) is 11.2. The third-order valence-electron chi connectivity index (χ3n) is 3.84. The predicted molar refractivity (Wildman–Crippen MR) is 94.5 cm³/mol. The van der Waals surface area contributed by atoms with Crippen LogP contribution in [0.4, 0.5) is 17.7 Å². The molecule has 0 saturated heterocycles. The number of hydrogen-bond donors (Lipinski definition) is 3. The van der Waals surface area contributed by atoms with Gasteiger partial charge in [-0.3, -0.25) is 5.32 Å². The van der Waals surface area contributed by atoms with E-state index in [1.165, 1.54) is 0 Å². The average molecular weight is 322 g/mol. The first-order chi connectivity index (χ1) is 11.8. The van der Waals surface area contributed by atoms with E-state index < -0.39 is 0 Å². The van der Waals surface area contributed by atoms with Crippen molar-refractivity contribution in [2.45, 2.75) is 13.3 Å². The smallest absolute Gasteiger partial charge is 0.233 e. The van der Waals surface area contributed by atoms with Crippen molar-refractivity contribution in [3.8, 4) is 0 Å². The van der Waals surface area contributed by atoms with Gasteiger partial charge in [-0.25, -0.2) is 9.97 Å². The average Bonchev–Trinajstić information content (AvgIpc) is 3.18. The lowest BCUT2D eigenvalue weighted by atomic mass is 10.3. The van der Waals surface area contributed by atoms with Crippen molar-refractivity contribution in [3.63, 3.8) is 0 Å². The van der Waals surface area contributed by atoms with Crippen LogP contribution in [0.15, 0.2) is 30.6 Å². The van der Waals surface area contributed by atoms with Gasteiger partial charge in [0.05, 0.1) is 17.4 Å². The predicted octanol–water partition coefficient (Wildman–Crippen LogP) is 2.81. The van der Waals surface area contributed by atoms with Gasteiger partial charge in [-0.2, -0.15) is 9.97 Å². The molecule has 0 radical (unpaired) electrons. The van der Waals surface area contributed by atoms with Crippen molar-refractivity contribution in [1.29, 1.82) is 0 Å². The molecule has 0 aliphatic carbocycles. The maximum Gasteiger partial charge on any atom is 0.233 e. The van der Waals surface area contributed by atoms with E-state index in [-0.39, 0.29) is 0 Å². The molecule has 1 aromatic carbocycles. The van der Waals surface area contributed by atoms with Gasteiger partial charge in [0.25, 0.3) is 0 Å². The number of imidazole rings is 2. The molecule has 0 unspecified atom stereocenters. The first-order valence-corrected chi connectivity index (χ1v) is 7.89. The Morgan fingerprint density at radius 1 is 1.17 bits per heavy atom. The Labute approximate surface area is 138 Å². The fraction of sp³-hybridized carbons (Fsp3) is 0.250. The highest BCUT2D eigenvalue weighted by molar-refractivity contribution is 5.84. The largest absolute Gasteiger partial charge is 0.368 e. The van der Waals surface area contributed by atoms with E-state index in [0.29, 0.717) is 17.5 Å². The molecule has 122 valence electrons. The number of fused-ring (bicyclic) bond motifs is 2. The number of aryl methyl sites for hydroxylation is 1. The minimum atomic E-state index is 0.464. The van der Waals surface area contributed by atoms with Gasteiger partial charge in [0, 0.05) is 13.6 Å². The molecule has 3 heterocycles. The van der Waals surface area contributed by atoms with Gasteiger partial charge in [0.2, 0.25) is 11.9 Å². The number of nitrogens with one attached hydrogen (secondary N) is 3. The van der Waals surface area contributed by atoms with Crippen LogP contribution in [0.1, 0.15) is 13.3 Å². The van der Waals surface area contributed by atoms with Gasteiger partial charge in [-0.1, -0.05) is 19.1 Å². The molecule has 4 aromatic rings. The summed E-state index contributed by atoms with van der Waals surface area (Å²) in [5, 5.41) is 6.50. The SMILES string of the molecule is CCCNc1nc(Nc2nc3ccccc3n2C)nc2nc[nH]c12. The quantitative estimate of drug-likeness (QED) is 0.523. The number of para-hydroxylation sites is 2. The van der Waals surface area contributed by atoms with E-state index >= 15 is 0 Å². The number of benzene rings is 1. The van der Waals surface area contributed by atoms with E-state index in [4.69, 9.17) is 0 Å². The number of aromatic nitrogens is 6. The molecule has 3 N–H and O–H groups in total. The second-order valence-electron chi connectivity index (χ2n) is 5.53. The first-order valence-electron chi connectivity index (χ1n) is 7.89. The van der Waals surface area contributed by atoms with E-state index in [0.717, 1.165) is 35.3 Å². The van der Waals surface area contributed by atoms with Crippen LogP contribution in [0.2, 0.25) is 0 Å². The van der Waals surface area contributed by atoms with Crippen molar-refractivity contribution in [2.24, 2.45) is 7.05 Å². The lowest BCUT2D eigenvalue weighted by molar-refractivity contribution is 0.947. The lowest BCUT2D eigenvalue weighted by Gasteiger charge is -2.08. The van der Waals surface area contributed by atoms with Crippen molar-refractivity contribution in [3.05, 3.63) is 30.6 Å². The minimum absolute atomic E-state index is 0.464. The Balaban J connectivity index is 1.74. The van der Waals surface area contributed by atoms with Crippen LogP contribution in [0.25, 0.3) is 22.2 Å². The van der Waals surface area contributed by atoms with E-state index in [2.05, 4.69) is 42.5 Å². The molecule has 4 rings (SSSR count). The van der Waals surface area contributed by atoms with Crippen LogP contribution < -0.4 is 10.6 Å². The molecule has 0 aliphatic rings. The highest BCUT2D eigenvalue weighted by Crippen LogP contribution is 2.23. The van der Waals surface area contributed by atoms with Crippen LogP contribution in [0.5, 0.6) is 0 Å². The van der Waals surface area contributed by atoms with E-state index in [9.17, 15) is 0 Å². The monoisotopic (exact) mass is 322 g/mol. The summed E-state index contributed by atoms with van der Waals surface area (Å²) in [6, 6.07) is 7.97. The molecule has 0 aliphatic heterocycles. The number of hydrogen-bond acceptors (Lipinski definition) is 6. The van der Waals surface area contributed by atoms with Crippen LogP contribution in [0, 0.1) is 0 Å².